The first-order valence-electron chi connectivity index (χ1n) is 50.8. The average molecular weight is 1930 g/mol. The van der Waals surface area contributed by atoms with Gasteiger partial charge in [0.05, 0.1) is 72.2 Å². The normalized spacial score (nSPS) is 15.3. The van der Waals surface area contributed by atoms with Crippen LogP contribution in [0.25, 0.3) is 42.3 Å². The van der Waals surface area contributed by atoms with Crippen LogP contribution in [0.3, 0.4) is 0 Å². The van der Waals surface area contributed by atoms with Gasteiger partial charge in [0.15, 0.2) is 0 Å². The van der Waals surface area contributed by atoms with Crippen LogP contribution in [0, 0.1) is 23.7 Å². The van der Waals surface area contributed by atoms with E-state index in [1.807, 2.05) is 32.5 Å². The van der Waals surface area contributed by atoms with Crippen molar-refractivity contribution in [2.24, 2.45) is 23.7 Å². The Balaban J connectivity index is 0.000000291. The molecule has 4 aliphatic rings. The molecule has 4 aliphatic heterocycles. The molecule has 0 saturated heterocycles. The Kier molecular flexibility index (Phi) is 49.1. The lowest BCUT2D eigenvalue weighted by atomic mass is 9.93. The summed E-state index contributed by atoms with van der Waals surface area (Å²) in [5, 5.41) is 4.66. The van der Waals surface area contributed by atoms with Gasteiger partial charge in [-0.25, -0.2) is 0 Å². The monoisotopic (exact) mass is 1930 g/mol. The van der Waals surface area contributed by atoms with Gasteiger partial charge in [-0.3, -0.25) is 19.2 Å². The highest BCUT2D eigenvalue weighted by molar-refractivity contribution is 9.11. The van der Waals surface area contributed by atoms with Gasteiger partial charge in [-0.15, -0.1) is 68.0 Å². The minimum absolute atomic E-state index is 0.0248. The molecule has 0 bridgehead atoms. The zero-order valence-electron chi connectivity index (χ0n) is 78.9. The fraction of sp³-hybridized carbons (Fsp3) is 0.667. The van der Waals surface area contributed by atoms with Crippen molar-refractivity contribution in [3.8, 4) is 19.5 Å². The van der Waals surface area contributed by atoms with E-state index in [4.69, 9.17) is 0 Å². The lowest BCUT2D eigenvalue weighted by Gasteiger charge is -2.29. The van der Waals surface area contributed by atoms with Crippen LogP contribution in [-0.2, 0) is 32.0 Å². The van der Waals surface area contributed by atoms with Crippen molar-refractivity contribution in [2.75, 3.05) is 26.2 Å². The van der Waals surface area contributed by atoms with Crippen LogP contribution in [-0.4, -0.2) is 69.4 Å². The Morgan fingerprint density at radius 1 is 0.242 bits per heavy atom. The minimum atomic E-state index is 0.0248. The first-order chi connectivity index (χ1) is 60.7. The molecule has 6 aromatic rings. The fourth-order valence-corrected chi connectivity index (χ4v) is 26.4. The van der Waals surface area contributed by atoms with E-state index >= 15 is 19.2 Å². The average Bonchev–Trinajstić information content (AvgIpc) is 1.56. The molecule has 10 heterocycles. The number of unbranched alkanes of at least 4 members (excludes halogenated alkanes) is 34. The summed E-state index contributed by atoms with van der Waals surface area (Å²) in [6.07, 6.45) is 66.5. The Morgan fingerprint density at radius 2 is 0.444 bits per heavy atom. The molecule has 0 aliphatic carbocycles. The lowest BCUT2D eigenvalue weighted by molar-refractivity contribution is -0.124. The second-order valence-corrected chi connectivity index (χ2v) is 45.9. The van der Waals surface area contributed by atoms with E-state index in [9.17, 15) is 0 Å². The van der Waals surface area contributed by atoms with Gasteiger partial charge in [-0.1, -0.05) is 339 Å². The Labute approximate surface area is 795 Å². The van der Waals surface area contributed by atoms with Crippen molar-refractivity contribution in [3.05, 3.63) is 132 Å². The van der Waals surface area contributed by atoms with Gasteiger partial charge in [-0.05, 0) is 215 Å². The SMILES string of the molecule is CCCCCCCCC(CCCCCC)CN1C(=O)C2=C(c3ccc(-c4cc(CCCC)cs4)s3)N(CC(CCCCCC)CCCCCCCC)C(=O)C2=C1c1ccc(-c2cc(CCCC)cs2)s1.CCCCCCCCC(CCCCCC)CN1C(=O)C2=C(c3ccc(Br)s3)N(CC(CCCCCC)CCCCCCCC)C(=O)C2=C1c1ccc(Br)s1. The van der Waals surface area contributed by atoms with Crippen molar-refractivity contribution in [3.63, 3.8) is 0 Å². The first kappa shape index (κ1) is 104. The number of halogens is 2. The van der Waals surface area contributed by atoms with Crippen LogP contribution in [0.5, 0.6) is 0 Å². The molecular formula is C108H162Br2N4O4S6. The molecule has 0 N–H and O–H groups in total. The van der Waals surface area contributed by atoms with Crippen LogP contribution < -0.4 is 0 Å². The number of carbonyl (C=O) groups excluding carboxylic acids is 4. The van der Waals surface area contributed by atoms with Gasteiger partial charge in [0.1, 0.15) is 0 Å². The van der Waals surface area contributed by atoms with E-state index in [2.05, 4.69) is 182 Å². The zero-order valence-corrected chi connectivity index (χ0v) is 86.9. The molecule has 4 amide bonds. The summed E-state index contributed by atoms with van der Waals surface area (Å²) in [4.78, 5) is 79.4. The quantitative estimate of drug-likeness (QED) is 0.0356. The number of amides is 4. The molecule has 6 aromatic heterocycles. The summed E-state index contributed by atoms with van der Waals surface area (Å²) in [7, 11) is 0. The summed E-state index contributed by atoms with van der Waals surface area (Å²) in [6.45, 7) is 25.5. The molecule has 124 heavy (non-hydrogen) atoms. The van der Waals surface area contributed by atoms with Gasteiger partial charge in [0.25, 0.3) is 23.6 Å². The number of carbonyl (C=O) groups is 4. The maximum atomic E-state index is 15.9. The van der Waals surface area contributed by atoms with Gasteiger partial charge < -0.3 is 19.6 Å². The summed E-state index contributed by atoms with van der Waals surface area (Å²) in [5.41, 5.74) is 8.92. The smallest absolute Gasteiger partial charge is 0.261 e. The summed E-state index contributed by atoms with van der Waals surface area (Å²) in [5.74, 6) is 1.79. The van der Waals surface area contributed by atoms with E-state index in [1.165, 1.54) is 313 Å². The van der Waals surface area contributed by atoms with E-state index < -0.39 is 0 Å². The van der Waals surface area contributed by atoms with Crippen molar-refractivity contribution in [1.82, 2.24) is 19.6 Å². The van der Waals surface area contributed by atoms with Crippen LogP contribution in [0.2, 0.25) is 0 Å². The molecule has 4 atom stereocenters. The molecular weight excluding hydrogens is 1770 g/mol. The second-order valence-electron chi connectivity index (χ2n) is 37.0. The van der Waals surface area contributed by atoms with E-state index in [0.717, 1.165) is 114 Å². The molecule has 0 spiro atoms. The Hall–Kier alpha value is -4.00. The van der Waals surface area contributed by atoms with Crippen molar-refractivity contribution in [1.29, 1.82) is 0 Å². The lowest BCUT2D eigenvalue weighted by Crippen LogP contribution is -2.34. The predicted octanol–water partition coefficient (Wildman–Crippen LogP) is 36.2. The van der Waals surface area contributed by atoms with E-state index in [1.54, 1.807) is 45.3 Å². The summed E-state index contributed by atoms with van der Waals surface area (Å²) in [6, 6.07) is 22.1. The molecule has 0 aromatic carbocycles. The highest BCUT2D eigenvalue weighted by Crippen LogP contribution is 2.54. The van der Waals surface area contributed by atoms with Gasteiger partial charge >= 0.3 is 0 Å². The van der Waals surface area contributed by atoms with Gasteiger partial charge in [-0.2, -0.15) is 0 Å². The summed E-state index contributed by atoms with van der Waals surface area (Å²) < 4.78 is 2.05. The molecule has 4 unspecified atom stereocenters. The fourth-order valence-electron chi connectivity index (χ4n) is 19.3. The van der Waals surface area contributed by atoms with Crippen molar-refractivity contribution >= 4 is 146 Å². The molecule has 0 saturated carbocycles. The van der Waals surface area contributed by atoms with E-state index in [-0.39, 0.29) is 23.6 Å². The van der Waals surface area contributed by atoms with Crippen molar-refractivity contribution < 1.29 is 19.2 Å². The number of fused-ring (bicyclic) bond motifs is 2. The van der Waals surface area contributed by atoms with Crippen LogP contribution >= 0.6 is 99.9 Å². The Bertz CT molecular complexity index is 3960. The highest BCUT2D eigenvalue weighted by Gasteiger charge is 2.52. The molecule has 8 nitrogen and oxygen atoms in total. The summed E-state index contributed by atoms with van der Waals surface area (Å²) >= 11 is 17.9. The van der Waals surface area contributed by atoms with Gasteiger partial charge in [0.2, 0.25) is 0 Å². The number of thiophene rings is 6. The largest absolute Gasteiger partial charge is 0.306 e. The number of hydrogen-bond acceptors (Lipinski definition) is 10. The number of hydrogen-bond donors (Lipinski definition) is 0. The Morgan fingerprint density at radius 3 is 0.669 bits per heavy atom. The third-order valence-electron chi connectivity index (χ3n) is 26.6. The maximum Gasteiger partial charge on any atom is 0.261 e. The third-order valence-corrected chi connectivity index (χ3v) is 34.4. The minimum Gasteiger partial charge on any atom is -0.306 e. The topological polar surface area (TPSA) is 81.2 Å². The molecule has 0 radical (unpaired) electrons. The van der Waals surface area contributed by atoms with Crippen LogP contribution in [0.1, 0.15) is 434 Å². The number of aryl methyl sites for hydroxylation is 2. The zero-order chi connectivity index (χ0) is 88.2. The molecule has 10 rings (SSSR count). The standard InChI is InChI=1S/C62H92N2O2S4.C46H70Br2N2O2S2/c1-7-13-19-23-25-29-35-47(33-27-21-15-9-3)43-63-59(53-39-37-51(69-53)55-41-49(45-67-55)31-17-11-5)57-58(61(63)65)60(54-40-38-52(70-54)56-42-50(46-68-56)32-18-12-6)64(62(57)66)44-48(34-28-22-16-10-4)36-30-26-24-20-14-8-2;1-5-9-13-17-19-23-27-35(25-21-15-11-7-3)33-49-43(37-29-31-39(47)53-37)41-42(45(49)51)44(38-30-32-40(48)54-38)50(46(41)52)34-36(26-22-16-12-8-4)28-24-20-18-14-10-6-2/h37-42,45-48H,7-36,43-44H2,1-6H3;29-32,35-36H,5-28,33-34H2,1-4H3. The number of nitrogens with zero attached hydrogens (tertiary/aromatic N) is 4. The van der Waals surface area contributed by atoms with Crippen molar-refractivity contribution in [2.45, 2.75) is 416 Å². The first-order valence-corrected chi connectivity index (χ1v) is 57.4. The maximum absolute atomic E-state index is 15.9. The van der Waals surface area contributed by atoms with E-state index in [0.29, 0.717) is 72.1 Å². The van der Waals surface area contributed by atoms with Gasteiger partial charge in [0, 0.05) is 45.7 Å². The number of rotatable bonds is 68. The third kappa shape index (κ3) is 31.6. The van der Waals surface area contributed by atoms with Crippen LogP contribution in [0.15, 0.2) is 101 Å². The van der Waals surface area contributed by atoms with Crippen LogP contribution in [0.4, 0.5) is 0 Å². The predicted molar refractivity (Wildman–Crippen MR) is 552 cm³/mol. The molecule has 0 fully saturated rings. The highest BCUT2D eigenvalue weighted by atomic mass is 79.9. The molecule has 688 valence electrons. The second kappa shape index (κ2) is 58.7. The molecule has 16 heteroatoms.